The van der Waals surface area contributed by atoms with Crippen molar-refractivity contribution in [2.45, 2.75) is 27.3 Å². The number of thiocarbonyl (C=S) groups is 1. The number of H-pyrrole nitrogens is 1. The Hall–Kier alpha value is -2.90. The number of anilines is 1. The van der Waals surface area contributed by atoms with Crippen LogP contribution in [0.2, 0.25) is 0 Å². The highest BCUT2D eigenvalue weighted by atomic mass is 32.1. The first-order chi connectivity index (χ1) is 15.4. The zero-order valence-electron chi connectivity index (χ0n) is 19.3. The molecule has 0 aliphatic rings. The van der Waals surface area contributed by atoms with Crippen molar-refractivity contribution in [1.82, 2.24) is 14.8 Å². The summed E-state index contributed by atoms with van der Waals surface area (Å²) in [5.41, 5.74) is 3.40. The number of pyridine rings is 1. The molecule has 0 aliphatic heterocycles. The van der Waals surface area contributed by atoms with Crippen LogP contribution in [0.25, 0.3) is 10.9 Å². The Morgan fingerprint density at radius 3 is 2.56 bits per heavy atom. The summed E-state index contributed by atoms with van der Waals surface area (Å²) < 4.78 is 5.32. The van der Waals surface area contributed by atoms with Crippen molar-refractivity contribution in [3.8, 4) is 5.75 Å². The summed E-state index contributed by atoms with van der Waals surface area (Å²) in [4.78, 5) is 20.3. The van der Waals surface area contributed by atoms with E-state index in [2.05, 4.69) is 33.9 Å². The summed E-state index contributed by atoms with van der Waals surface area (Å²) in [6, 6.07) is 15.7. The van der Waals surface area contributed by atoms with Gasteiger partial charge in [-0.05, 0) is 61.4 Å². The summed E-state index contributed by atoms with van der Waals surface area (Å²) in [5, 5.41) is 4.91. The second-order valence-electron chi connectivity index (χ2n) is 7.77. The van der Waals surface area contributed by atoms with Crippen LogP contribution in [0.1, 0.15) is 25.0 Å². The van der Waals surface area contributed by atoms with Gasteiger partial charge in [0, 0.05) is 30.4 Å². The normalized spacial score (nSPS) is 11.0. The number of hydrogen-bond acceptors (Lipinski definition) is 4. The molecular weight excluding hydrogens is 420 g/mol. The zero-order chi connectivity index (χ0) is 23.1. The second-order valence-corrected chi connectivity index (χ2v) is 8.16. The van der Waals surface area contributed by atoms with Crippen LogP contribution in [0, 0.1) is 6.92 Å². The maximum Gasteiger partial charge on any atom is 0.253 e. The molecule has 0 spiro atoms. The molecule has 32 heavy (non-hydrogen) atoms. The van der Waals surface area contributed by atoms with Crippen molar-refractivity contribution in [3.63, 3.8) is 0 Å². The fourth-order valence-electron chi connectivity index (χ4n) is 3.71. The molecule has 0 radical (unpaired) electrons. The van der Waals surface area contributed by atoms with Crippen molar-refractivity contribution in [1.29, 1.82) is 0 Å². The van der Waals surface area contributed by atoms with Crippen molar-refractivity contribution >= 4 is 33.9 Å². The Morgan fingerprint density at radius 1 is 1.09 bits per heavy atom. The average molecular weight is 453 g/mol. The van der Waals surface area contributed by atoms with Crippen LogP contribution in [0.3, 0.4) is 0 Å². The molecule has 0 unspecified atom stereocenters. The maximum atomic E-state index is 12.9. The van der Waals surface area contributed by atoms with Gasteiger partial charge in [-0.15, -0.1) is 0 Å². The fourth-order valence-corrected chi connectivity index (χ4v) is 3.98. The van der Waals surface area contributed by atoms with E-state index in [1.165, 1.54) is 0 Å². The van der Waals surface area contributed by atoms with E-state index in [1.54, 1.807) is 7.11 Å². The minimum Gasteiger partial charge on any atom is -0.497 e. The molecule has 170 valence electrons. The van der Waals surface area contributed by atoms with Gasteiger partial charge < -0.3 is 24.8 Å². The predicted octanol–water partition coefficient (Wildman–Crippen LogP) is 4.39. The van der Waals surface area contributed by atoms with Crippen molar-refractivity contribution in [2.24, 2.45) is 0 Å². The summed E-state index contributed by atoms with van der Waals surface area (Å²) in [6.45, 7) is 10.2. The molecule has 0 bridgehead atoms. The molecular formula is C25H32N4O2S. The molecule has 7 heteroatoms. The van der Waals surface area contributed by atoms with Gasteiger partial charge in [-0.1, -0.05) is 38.1 Å². The average Bonchev–Trinajstić information content (AvgIpc) is 2.80. The molecule has 0 amide bonds. The lowest BCUT2D eigenvalue weighted by Crippen LogP contribution is -2.41. The lowest BCUT2D eigenvalue weighted by molar-refractivity contribution is 0.266. The van der Waals surface area contributed by atoms with E-state index >= 15 is 0 Å². The number of fused-ring (bicyclic) bond motifs is 1. The van der Waals surface area contributed by atoms with E-state index < -0.39 is 0 Å². The molecule has 0 saturated carbocycles. The van der Waals surface area contributed by atoms with Gasteiger partial charge in [-0.3, -0.25) is 4.79 Å². The van der Waals surface area contributed by atoms with Crippen molar-refractivity contribution in [2.75, 3.05) is 38.6 Å². The Kier molecular flexibility index (Phi) is 8.25. The first-order valence-corrected chi connectivity index (χ1v) is 11.4. The van der Waals surface area contributed by atoms with E-state index in [-0.39, 0.29) is 5.56 Å². The van der Waals surface area contributed by atoms with Crippen molar-refractivity contribution in [3.05, 3.63) is 70.0 Å². The van der Waals surface area contributed by atoms with Gasteiger partial charge >= 0.3 is 0 Å². The first kappa shape index (κ1) is 23.8. The summed E-state index contributed by atoms with van der Waals surface area (Å²) in [6.07, 6.45) is 0. The Bertz CT molecular complexity index is 1120. The lowest BCUT2D eigenvalue weighted by atomic mass is 10.1. The number of nitrogens with zero attached hydrogens (tertiary/aromatic N) is 2. The van der Waals surface area contributed by atoms with Gasteiger partial charge in [-0.2, -0.15) is 0 Å². The number of rotatable bonds is 9. The molecule has 3 aromatic rings. The molecule has 2 aromatic carbocycles. The van der Waals surface area contributed by atoms with Crippen LogP contribution >= 0.6 is 12.2 Å². The third kappa shape index (κ3) is 5.87. The van der Waals surface area contributed by atoms with Gasteiger partial charge in [-0.25, -0.2) is 0 Å². The number of ether oxygens (including phenoxy) is 1. The van der Waals surface area contributed by atoms with Crippen molar-refractivity contribution < 1.29 is 4.74 Å². The number of aromatic amines is 1. The Labute approximate surface area is 195 Å². The standard InChI is InChI=1S/C25H32N4O2S/c1-5-28(6-2)13-14-29(25(32)26-21-11-8-12-22(16-21)31-4)17-20-15-19-10-7-9-18(3)23(19)27-24(20)30/h7-12,15-16H,5-6,13-14,17H2,1-4H3,(H,26,32)(H,27,30). The van der Waals surface area contributed by atoms with E-state index in [1.807, 2.05) is 55.5 Å². The number of para-hydroxylation sites is 1. The number of hydrogen-bond donors (Lipinski definition) is 2. The summed E-state index contributed by atoms with van der Waals surface area (Å²) >= 11 is 5.76. The molecule has 0 aliphatic carbocycles. The smallest absolute Gasteiger partial charge is 0.253 e. The van der Waals surface area contributed by atoms with Crippen LogP contribution in [0.15, 0.2) is 53.3 Å². The Balaban J connectivity index is 1.86. The van der Waals surface area contributed by atoms with Gasteiger partial charge in [0.2, 0.25) is 0 Å². The Morgan fingerprint density at radius 2 is 1.84 bits per heavy atom. The van der Waals surface area contributed by atoms with E-state index in [9.17, 15) is 4.79 Å². The van der Waals surface area contributed by atoms with Gasteiger partial charge in [0.25, 0.3) is 5.56 Å². The maximum absolute atomic E-state index is 12.9. The minimum absolute atomic E-state index is 0.0798. The van der Waals surface area contributed by atoms with Gasteiger partial charge in [0.15, 0.2) is 5.11 Å². The number of nitrogens with one attached hydrogen (secondary N) is 2. The number of aromatic nitrogens is 1. The molecule has 0 fully saturated rings. The quantitative estimate of drug-likeness (QED) is 0.470. The topological polar surface area (TPSA) is 60.6 Å². The summed E-state index contributed by atoms with van der Waals surface area (Å²) in [7, 11) is 1.64. The molecule has 0 atom stereocenters. The fraction of sp³-hybridized carbons (Fsp3) is 0.360. The predicted molar refractivity (Wildman–Crippen MR) is 137 cm³/mol. The SMILES string of the molecule is CCN(CC)CCN(Cc1cc2cccc(C)c2[nH]c1=O)C(=S)Nc1cccc(OC)c1. The van der Waals surface area contributed by atoms with Crippen LogP contribution in [0.5, 0.6) is 5.75 Å². The molecule has 2 N–H and O–H groups in total. The second kappa shape index (κ2) is 11.1. The third-order valence-corrected chi connectivity index (χ3v) is 6.08. The van der Waals surface area contributed by atoms with E-state index in [0.29, 0.717) is 23.8 Å². The first-order valence-electron chi connectivity index (χ1n) is 11.0. The molecule has 3 rings (SSSR count). The highest BCUT2D eigenvalue weighted by molar-refractivity contribution is 7.80. The number of likely N-dealkylation sites (N-methyl/N-ethyl adjacent to an activating group) is 1. The third-order valence-electron chi connectivity index (χ3n) is 5.71. The van der Waals surface area contributed by atoms with E-state index in [4.69, 9.17) is 17.0 Å². The number of methoxy groups -OCH3 is 1. The molecule has 1 aromatic heterocycles. The molecule has 6 nitrogen and oxygen atoms in total. The van der Waals surface area contributed by atoms with Gasteiger partial charge in [0.05, 0.1) is 19.2 Å². The van der Waals surface area contributed by atoms with Crippen LogP contribution in [-0.2, 0) is 6.54 Å². The highest BCUT2D eigenvalue weighted by Crippen LogP contribution is 2.19. The number of benzene rings is 2. The minimum atomic E-state index is -0.0798. The molecule has 1 heterocycles. The van der Waals surface area contributed by atoms with Gasteiger partial charge in [0.1, 0.15) is 5.75 Å². The number of aryl methyl sites for hydroxylation is 1. The van der Waals surface area contributed by atoms with E-state index in [0.717, 1.165) is 47.5 Å². The summed E-state index contributed by atoms with van der Waals surface area (Å²) in [5.74, 6) is 0.758. The highest BCUT2D eigenvalue weighted by Gasteiger charge is 2.15. The lowest BCUT2D eigenvalue weighted by Gasteiger charge is -2.29. The van der Waals surface area contributed by atoms with Crippen LogP contribution in [-0.4, -0.2) is 53.2 Å². The molecule has 0 saturated heterocycles. The largest absolute Gasteiger partial charge is 0.497 e. The monoisotopic (exact) mass is 452 g/mol. The zero-order valence-corrected chi connectivity index (χ0v) is 20.1. The van der Waals surface area contributed by atoms with Crippen LogP contribution < -0.4 is 15.6 Å². The van der Waals surface area contributed by atoms with Crippen LogP contribution in [0.4, 0.5) is 5.69 Å².